The lowest BCUT2D eigenvalue weighted by molar-refractivity contribution is -0.192. The summed E-state index contributed by atoms with van der Waals surface area (Å²) in [5.74, 6) is -4.42. The number of aliphatic carboxylic acids is 1. The van der Waals surface area contributed by atoms with Crippen LogP contribution in [0.1, 0.15) is 67.4 Å². The first-order chi connectivity index (χ1) is 33.9. The highest BCUT2D eigenvalue weighted by atomic mass is 19.4. The molecule has 1 aromatic heterocycles. The first kappa shape index (κ1) is 52.6. The summed E-state index contributed by atoms with van der Waals surface area (Å²) in [6.45, 7) is 5.04. The van der Waals surface area contributed by atoms with Crippen LogP contribution in [0.15, 0.2) is 103 Å². The van der Waals surface area contributed by atoms with Crippen LogP contribution in [0, 0.1) is 5.92 Å². The number of amides is 6. The van der Waals surface area contributed by atoms with E-state index in [4.69, 9.17) is 9.90 Å². The summed E-state index contributed by atoms with van der Waals surface area (Å²) < 4.78 is 31.7. The minimum atomic E-state index is -5.08. The number of aromatic hydroxyl groups is 1. The van der Waals surface area contributed by atoms with E-state index in [1.165, 1.54) is 26.0 Å². The number of nitrogens with one attached hydrogen (secondary N) is 6. The third-order valence-corrected chi connectivity index (χ3v) is 12.2. The van der Waals surface area contributed by atoms with Gasteiger partial charge in [0.2, 0.25) is 29.5 Å². The lowest BCUT2D eigenvalue weighted by Gasteiger charge is -2.33. The molecule has 0 aliphatic carbocycles. The highest BCUT2D eigenvalue weighted by Crippen LogP contribution is 2.38. The molecule has 3 heterocycles. The van der Waals surface area contributed by atoms with Gasteiger partial charge in [0.15, 0.2) is 0 Å². The molecule has 71 heavy (non-hydrogen) atoms. The van der Waals surface area contributed by atoms with Gasteiger partial charge >= 0.3 is 12.1 Å². The molecule has 1 fully saturated rings. The number of H-pyrrole nitrogens is 1. The molecule has 0 spiro atoms. The van der Waals surface area contributed by atoms with Crippen LogP contribution in [0.4, 0.5) is 30.2 Å². The molecule has 7 rings (SSSR count). The number of halogens is 3. The third-order valence-electron chi connectivity index (χ3n) is 12.2. The molecular formula is C51H57F3N8O9. The number of aromatic amines is 1. The predicted octanol–water partition coefficient (Wildman–Crippen LogP) is 5.72. The van der Waals surface area contributed by atoms with Gasteiger partial charge in [-0.05, 0) is 98.8 Å². The largest absolute Gasteiger partial charge is 0.508 e. The molecule has 376 valence electrons. The topological polar surface area (TPSA) is 242 Å². The number of fused-ring (bicyclic) bond motifs is 3. The number of nitrogens with zero attached hydrogens (tertiary/aromatic N) is 2. The monoisotopic (exact) mass is 982 g/mol. The molecule has 2 aliphatic rings. The fourth-order valence-corrected chi connectivity index (χ4v) is 8.54. The quantitative estimate of drug-likeness (QED) is 0.0528. The molecule has 0 bridgehead atoms. The normalized spacial score (nSPS) is 15.0. The van der Waals surface area contributed by atoms with Crippen molar-refractivity contribution in [3.05, 3.63) is 120 Å². The number of phenols is 1. The lowest BCUT2D eigenvalue weighted by atomic mass is 9.91. The van der Waals surface area contributed by atoms with Gasteiger partial charge in [-0.3, -0.25) is 38.6 Å². The van der Waals surface area contributed by atoms with E-state index in [1.54, 1.807) is 47.5 Å². The first-order valence-electron chi connectivity index (χ1n) is 23.2. The maximum atomic E-state index is 13.9. The minimum Gasteiger partial charge on any atom is -0.508 e. The Kier molecular flexibility index (Phi) is 17.9. The van der Waals surface area contributed by atoms with E-state index in [0.29, 0.717) is 35.1 Å². The van der Waals surface area contributed by atoms with Crippen LogP contribution < -0.4 is 31.5 Å². The molecule has 8 N–H and O–H groups in total. The number of para-hydroxylation sites is 4. The number of carboxylic acids is 1. The van der Waals surface area contributed by atoms with Crippen molar-refractivity contribution in [1.82, 2.24) is 31.2 Å². The van der Waals surface area contributed by atoms with Crippen LogP contribution in [-0.2, 0) is 41.6 Å². The average molecular weight is 983 g/mol. The number of hydrogen-bond donors (Lipinski definition) is 8. The van der Waals surface area contributed by atoms with E-state index < -0.39 is 48.0 Å². The van der Waals surface area contributed by atoms with Crippen molar-refractivity contribution in [2.75, 3.05) is 36.4 Å². The van der Waals surface area contributed by atoms with E-state index in [9.17, 15) is 47.0 Å². The fraction of sp³-hybridized carbons (Fsp3) is 0.353. The second-order valence-electron chi connectivity index (χ2n) is 17.5. The first-order valence-corrected chi connectivity index (χ1v) is 23.2. The number of phenolic OH excluding ortho intramolecular Hbond substituents is 1. The van der Waals surface area contributed by atoms with Crippen molar-refractivity contribution in [3.8, 4) is 5.75 Å². The van der Waals surface area contributed by atoms with Crippen LogP contribution in [0.25, 0.3) is 10.9 Å². The molecule has 20 heteroatoms. The smallest absolute Gasteiger partial charge is 0.490 e. The standard InChI is InChI=1S/C49H56N8O7.C2HF3O2/c1-31(52-49(64)42(53-32(2)58)28-35-29-51-39-14-5-3-12-37(35)39)46(61)55-41(27-34-18-20-36(59)21-19-34)48(63)50-24-10-9-11-33-22-25-56(26-23-33)30-45(60)57-43-16-7-4-13-38(43)47(62)54-40-15-6-8-17-44(40)57;3-2(4,5)1(6)7/h3-8,12-21,29,31,33,41-42,51,59H,9-11,22-28,30H2,1-2H3,(H,50,63)(H,52,64)(H,53,58)(H,54,62)(H,55,61);(H,6,7)/t31-,41-,42-;/m0./s1. The fourth-order valence-electron chi connectivity index (χ4n) is 8.54. The van der Waals surface area contributed by atoms with Crippen LogP contribution in [0.5, 0.6) is 5.75 Å². The molecule has 5 aromatic rings. The van der Waals surface area contributed by atoms with Gasteiger partial charge in [0.05, 0.1) is 29.2 Å². The molecular weight excluding hydrogens is 926 g/mol. The molecule has 0 radical (unpaired) electrons. The molecule has 0 unspecified atom stereocenters. The van der Waals surface area contributed by atoms with E-state index in [1.807, 2.05) is 48.5 Å². The Hall–Kier alpha value is -7.74. The molecule has 17 nitrogen and oxygen atoms in total. The summed E-state index contributed by atoms with van der Waals surface area (Å²) in [6, 6.07) is 25.6. The van der Waals surface area contributed by atoms with Crippen molar-refractivity contribution < 1.29 is 56.9 Å². The molecule has 4 aromatic carbocycles. The molecule has 2 aliphatic heterocycles. The Morgan fingerprint density at radius 3 is 2.10 bits per heavy atom. The number of hydrogen-bond acceptors (Lipinski definition) is 9. The summed E-state index contributed by atoms with van der Waals surface area (Å²) in [4.78, 5) is 95.5. The molecule has 0 saturated carbocycles. The Labute approximate surface area is 407 Å². The van der Waals surface area contributed by atoms with Crippen LogP contribution in [0.2, 0.25) is 0 Å². The zero-order chi connectivity index (χ0) is 51.2. The second-order valence-corrected chi connectivity index (χ2v) is 17.5. The number of anilines is 3. The van der Waals surface area contributed by atoms with Crippen molar-refractivity contribution in [1.29, 1.82) is 0 Å². The number of alkyl halides is 3. The summed E-state index contributed by atoms with van der Waals surface area (Å²) in [6.07, 6.45) is 1.54. The van der Waals surface area contributed by atoms with Gasteiger partial charge < -0.3 is 41.8 Å². The van der Waals surface area contributed by atoms with Crippen LogP contribution in [-0.4, -0.2) is 112 Å². The zero-order valence-electron chi connectivity index (χ0n) is 39.2. The minimum absolute atomic E-state index is 0.0762. The number of carbonyl (C=O) groups is 7. The molecule has 1 saturated heterocycles. The lowest BCUT2D eigenvalue weighted by Crippen LogP contribution is -2.56. The SMILES string of the molecule is CC(=O)N[C@@H](Cc1c[nH]c2ccccc12)C(=O)N[C@@H](C)C(=O)N[C@@H](Cc1ccc(O)cc1)C(=O)NCCCCC1CCN(CC(=O)N2c3ccccc3NC(=O)c3ccccc32)CC1.O=C(O)C(F)(F)F. The van der Waals surface area contributed by atoms with Crippen molar-refractivity contribution >= 4 is 69.4 Å². The van der Waals surface area contributed by atoms with Crippen molar-refractivity contribution in [2.45, 2.75) is 83.1 Å². The van der Waals surface area contributed by atoms with E-state index >= 15 is 0 Å². The second kappa shape index (κ2) is 24.2. The van der Waals surface area contributed by atoms with Crippen LogP contribution >= 0.6 is 0 Å². The van der Waals surface area contributed by atoms with Crippen molar-refractivity contribution in [3.63, 3.8) is 0 Å². The van der Waals surface area contributed by atoms with Gasteiger partial charge in [-0.1, -0.05) is 67.4 Å². The van der Waals surface area contributed by atoms with Gasteiger partial charge in [0.25, 0.3) is 5.91 Å². The number of unbranched alkanes of at least 4 members (excludes halogenated alkanes) is 1. The van der Waals surface area contributed by atoms with Gasteiger partial charge in [-0.2, -0.15) is 13.2 Å². The maximum Gasteiger partial charge on any atom is 0.490 e. The summed E-state index contributed by atoms with van der Waals surface area (Å²) in [5.41, 5.74) is 4.70. The number of piperidine rings is 1. The Morgan fingerprint density at radius 1 is 0.775 bits per heavy atom. The van der Waals surface area contributed by atoms with Gasteiger partial charge in [0, 0.05) is 43.4 Å². The zero-order valence-corrected chi connectivity index (χ0v) is 39.2. The number of likely N-dealkylation sites (tertiary alicyclic amines) is 1. The number of benzene rings is 4. The number of rotatable bonds is 17. The number of aromatic nitrogens is 1. The van der Waals surface area contributed by atoms with Crippen molar-refractivity contribution in [2.24, 2.45) is 5.92 Å². The van der Waals surface area contributed by atoms with Gasteiger partial charge in [0.1, 0.15) is 23.9 Å². The van der Waals surface area contributed by atoms with E-state index in [-0.39, 0.29) is 42.9 Å². The Balaban J connectivity index is 0.00000110. The van der Waals surface area contributed by atoms with Gasteiger partial charge in [-0.25, -0.2) is 4.79 Å². The highest BCUT2D eigenvalue weighted by molar-refractivity contribution is 6.18. The summed E-state index contributed by atoms with van der Waals surface area (Å²) >= 11 is 0. The predicted molar refractivity (Wildman–Crippen MR) is 259 cm³/mol. The maximum absolute atomic E-state index is 13.9. The van der Waals surface area contributed by atoms with Gasteiger partial charge in [-0.15, -0.1) is 0 Å². The van der Waals surface area contributed by atoms with E-state index in [0.717, 1.165) is 67.2 Å². The Morgan fingerprint density at radius 2 is 1.41 bits per heavy atom. The molecule has 6 amide bonds. The third kappa shape index (κ3) is 14.6. The highest BCUT2D eigenvalue weighted by Gasteiger charge is 2.38. The van der Waals surface area contributed by atoms with Crippen LogP contribution in [0.3, 0.4) is 0 Å². The van der Waals surface area contributed by atoms with E-state index in [2.05, 4.69) is 36.5 Å². The summed E-state index contributed by atoms with van der Waals surface area (Å²) in [5, 5.41) is 32.0. The Bertz CT molecular complexity index is 2700. The summed E-state index contributed by atoms with van der Waals surface area (Å²) in [7, 11) is 0. The number of carbonyl (C=O) groups excluding carboxylic acids is 6. The number of carboxylic acid groups (broad SMARTS) is 1. The average Bonchev–Trinajstić information content (AvgIpc) is 3.69. The molecule has 3 atom stereocenters.